The maximum Gasteiger partial charge on any atom is 0.151 e. The van der Waals surface area contributed by atoms with Crippen molar-refractivity contribution in [2.75, 3.05) is 11.5 Å². The lowest BCUT2D eigenvalue weighted by molar-refractivity contribution is 0.271. The smallest absolute Gasteiger partial charge is 0.151 e. The maximum absolute atomic E-state index is 11.5. The predicted molar refractivity (Wildman–Crippen MR) is 73.0 cm³/mol. The van der Waals surface area contributed by atoms with E-state index in [9.17, 15) is 8.42 Å². The van der Waals surface area contributed by atoms with Gasteiger partial charge in [0, 0.05) is 17.8 Å². The van der Waals surface area contributed by atoms with Crippen molar-refractivity contribution in [1.29, 1.82) is 0 Å². The van der Waals surface area contributed by atoms with Gasteiger partial charge in [0.1, 0.15) is 0 Å². The third kappa shape index (κ3) is 5.38. The summed E-state index contributed by atoms with van der Waals surface area (Å²) in [5.41, 5.74) is 0. The Balaban J connectivity index is 2.36. The molecule has 0 aromatic carbocycles. The molecule has 0 bridgehead atoms. The third-order valence-electron chi connectivity index (χ3n) is 3.85. The zero-order valence-corrected chi connectivity index (χ0v) is 12.2. The fourth-order valence-corrected chi connectivity index (χ4v) is 3.86. The highest BCUT2D eigenvalue weighted by Gasteiger charge is 2.22. The van der Waals surface area contributed by atoms with Crippen LogP contribution in [0.1, 0.15) is 52.9 Å². The van der Waals surface area contributed by atoms with Crippen molar-refractivity contribution >= 4 is 9.84 Å². The highest BCUT2D eigenvalue weighted by Crippen LogP contribution is 2.26. The van der Waals surface area contributed by atoms with Gasteiger partial charge >= 0.3 is 0 Å². The molecule has 0 spiro atoms. The standard InChI is InChI=1S/C13H27NO2S/c1-4-17(15,16)10-11(2)14-12(3)13-8-6-5-7-9-13/h11-14H,4-10H2,1-3H3/t11?,12-/m0/s1. The monoisotopic (exact) mass is 261 g/mol. The van der Waals surface area contributed by atoms with Gasteiger partial charge in [-0.1, -0.05) is 26.2 Å². The Labute approximate surface area is 106 Å². The predicted octanol–water partition coefficient (Wildman–Crippen LogP) is 2.37. The first-order valence-corrected chi connectivity index (χ1v) is 8.73. The minimum atomic E-state index is -2.86. The van der Waals surface area contributed by atoms with Crippen LogP contribution in [0.5, 0.6) is 0 Å². The molecule has 1 saturated carbocycles. The van der Waals surface area contributed by atoms with Crippen molar-refractivity contribution in [3.63, 3.8) is 0 Å². The Kier molecular flexibility index (Phi) is 5.93. The summed E-state index contributed by atoms with van der Waals surface area (Å²) in [6.07, 6.45) is 6.61. The van der Waals surface area contributed by atoms with Crippen LogP contribution in [0.3, 0.4) is 0 Å². The molecule has 0 radical (unpaired) electrons. The molecule has 1 aliphatic carbocycles. The molecule has 0 aromatic heterocycles. The quantitative estimate of drug-likeness (QED) is 0.798. The van der Waals surface area contributed by atoms with Gasteiger partial charge in [-0.05, 0) is 32.6 Å². The molecule has 102 valence electrons. The van der Waals surface area contributed by atoms with E-state index in [1.807, 2.05) is 6.92 Å². The molecule has 1 fully saturated rings. The zero-order valence-electron chi connectivity index (χ0n) is 11.4. The van der Waals surface area contributed by atoms with Crippen LogP contribution >= 0.6 is 0 Å². The van der Waals surface area contributed by atoms with E-state index in [1.54, 1.807) is 6.92 Å². The number of hydrogen-bond donors (Lipinski definition) is 1. The number of sulfone groups is 1. The van der Waals surface area contributed by atoms with Crippen LogP contribution < -0.4 is 5.32 Å². The van der Waals surface area contributed by atoms with Gasteiger partial charge < -0.3 is 5.32 Å². The van der Waals surface area contributed by atoms with Gasteiger partial charge in [0.25, 0.3) is 0 Å². The van der Waals surface area contributed by atoms with E-state index in [-0.39, 0.29) is 17.5 Å². The highest BCUT2D eigenvalue weighted by molar-refractivity contribution is 7.91. The molecule has 0 heterocycles. The van der Waals surface area contributed by atoms with Crippen molar-refractivity contribution in [1.82, 2.24) is 5.32 Å². The van der Waals surface area contributed by atoms with Crippen LogP contribution in [0.15, 0.2) is 0 Å². The second-order valence-electron chi connectivity index (χ2n) is 5.45. The van der Waals surface area contributed by atoms with Crippen LogP contribution in [0.4, 0.5) is 0 Å². The normalized spacial score (nSPS) is 22.3. The molecule has 1 aliphatic rings. The lowest BCUT2D eigenvalue weighted by Crippen LogP contribution is -2.43. The Morgan fingerprint density at radius 1 is 1.18 bits per heavy atom. The summed E-state index contributed by atoms with van der Waals surface area (Å²) in [7, 11) is -2.86. The molecular weight excluding hydrogens is 234 g/mol. The zero-order chi connectivity index (χ0) is 12.9. The molecule has 1 unspecified atom stereocenters. The minimum absolute atomic E-state index is 0.0666. The molecular formula is C13H27NO2S. The summed E-state index contributed by atoms with van der Waals surface area (Å²) in [5, 5.41) is 3.46. The van der Waals surface area contributed by atoms with Gasteiger partial charge in [0.15, 0.2) is 9.84 Å². The average Bonchev–Trinajstić information content (AvgIpc) is 2.29. The van der Waals surface area contributed by atoms with Gasteiger partial charge in [0.2, 0.25) is 0 Å². The highest BCUT2D eigenvalue weighted by atomic mass is 32.2. The van der Waals surface area contributed by atoms with E-state index in [1.165, 1.54) is 32.1 Å². The van der Waals surface area contributed by atoms with E-state index >= 15 is 0 Å². The molecule has 0 saturated heterocycles. The van der Waals surface area contributed by atoms with Crippen molar-refractivity contribution in [3.8, 4) is 0 Å². The van der Waals surface area contributed by atoms with E-state index in [4.69, 9.17) is 0 Å². The summed E-state index contributed by atoms with van der Waals surface area (Å²) < 4.78 is 23.1. The fourth-order valence-electron chi connectivity index (χ4n) is 2.77. The minimum Gasteiger partial charge on any atom is -0.310 e. The van der Waals surface area contributed by atoms with E-state index in [2.05, 4.69) is 12.2 Å². The van der Waals surface area contributed by atoms with Crippen LogP contribution in [-0.2, 0) is 9.84 Å². The summed E-state index contributed by atoms with van der Waals surface area (Å²) in [6, 6.07) is 0.509. The molecule has 0 aromatic rings. The van der Waals surface area contributed by atoms with Gasteiger partial charge in [-0.3, -0.25) is 0 Å². The molecule has 1 rings (SSSR count). The van der Waals surface area contributed by atoms with Crippen LogP contribution in [0.25, 0.3) is 0 Å². The molecule has 0 aliphatic heterocycles. The van der Waals surface area contributed by atoms with E-state index < -0.39 is 9.84 Å². The fraction of sp³-hybridized carbons (Fsp3) is 1.00. The summed E-state index contributed by atoms with van der Waals surface area (Å²) in [4.78, 5) is 0. The topological polar surface area (TPSA) is 46.2 Å². The Morgan fingerprint density at radius 2 is 1.76 bits per heavy atom. The maximum atomic E-state index is 11.5. The van der Waals surface area contributed by atoms with E-state index in [0.717, 1.165) is 5.92 Å². The molecule has 3 nitrogen and oxygen atoms in total. The molecule has 4 heteroatoms. The largest absolute Gasteiger partial charge is 0.310 e. The second-order valence-corrected chi connectivity index (χ2v) is 7.85. The summed E-state index contributed by atoms with van der Waals surface area (Å²) >= 11 is 0. The molecule has 1 N–H and O–H groups in total. The first kappa shape index (κ1) is 15.0. The molecule has 17 heavy (non-hydrogen) atoms. The first-order chi connectivity index (χ1) is 7.94. The SMILES string of the molecule is CCS(=O)(=O)CC(C)N[C@@H](C)C1CCCCC1. The van der Waals surface area contributed by atoms with Gasteiger partial charge in [-0.2, -0.15) is 0 Å². The van der Waals surface area contributed by atoms with E-state index in [0.29, 0.717) is 6.04 Å². The molecule has 2 atom stereocenters. The van der Waals surface area contributed by atoms with Crippen molar-refractivity contribution < 1.29 is 8.42 Å². The van der Waals surface area contributed by atoms with Crippen molar-refractivity contribution in [2.45, 2.75) is 65.0 Å². The van der Waals surface area contributed by atoms with Gasteiger partial charge in [-0.25, -0.2) is 8.42 Å². The van der Waals surface area contributed by atoms with Crippen molar-refractivity contribution in [2.24, 2.45) is 5.92 Å². The van der Waals surface area contributed by atoms with Crippen LogP contribution in [0.2, 0.25) is 0 Å². The van der Waals surface area contributed by atoms with Crippen molar-refractivity contribution in [3.05, 3.63) is 0 Å². The van der Waals surface area contributed by atoms with Gasteiger partial charge in [0.05, 0.1) is 5.75 Å². The van der Waals surface area contributed by atoms with Gasteiger partial charge in [-0.15, -0.1) is 0 Å². The second kappa shape index (κ2) is 6.74. The lowest BCUT2D eigenvalue weighted by Gasteiger charge is -2.30. The Hall–Kier alpha value is -0.0900. The Morgan fingerprint density at radius 3 is 2.29 bits per heavy atom. The summed E-state index contributed by atoms with van der Waals surface area (Å²) in [5.74, 6) is 1.24. The number of nitrogens with one attached hydrogen (secondary N) is 1. The number of hydrogen-bond acceptors (Lipinski definition) is 3. The first-order valence-electron chi connectivity index (χ1n) is 6.91. The van der Waals surface area contributed by atoms with Crippen LogP contribution in [-0.4, -0.2) is 32.0 Å². The summed E-state index contributed by atoms with van der Waals surface area (Å²) in [6.45, 7) is 5.89. The Bertz CT molecular complexity index is 307. The van der Waals surface area contributed by atoms with Crippen LogP contribution in [0, 0.1) is 5.92 Å². The lowest BCUT2D eigenvalue weighted by atomic mass is 9.84. The molecule has 0 amide bonds. The third-order valence-corrected chi connectivity index (χ3v) is 5.74. The number of rotatable bonds is 6. The average molecular weight is 261 g/mol.